The minimum Gasteiger partial charge on any atom is -0.371 e. The lowest BCUT2D eigenvalue weighted by molar-refractivity contribution is -0.0721. The van der Waals surface area contributed by atoms with Gasteiger partial charge in [0.1, 0.15) is 11.7 Å². The van der Waals surface area contributed by atoms with Gasteiger partial charge < -0.3 is 9.47 Å². The van der Waals surface area contributed by atoms with Crippen LogP contribution in [0.25, 0.3) is 0 Å². The topological polar surface area (TPSA) is 21.8 Å². The first-order valence-electron chi connectivity index (χ1n) is 5.36. The smallest absolute Gasteiger partial charge is 0.219 e. The van der Waals surface area contributed by atoms with Crippen molar-refractivity contribution in [3.05, 3.63) is 0 Å². The molecule has 2 nitrogen and oxygen atoms in total. The Labute approximate surface area is 105 Å². The van der Waals surface area contributed by atoms with E-state index in [1.54, 1.807) is 0 Å². The zero-order chi connectivity index (χ0) is 10.9. The molecule has 2 fully saturated rings. The number of halogens is 3. The molecule has 1 saturated carbocycles. The van der Waals surface area contributed by atoms with E-state index in [4.69, 9.17) is 44.3 Å². The van der Waals surface area contributed by atoms with Gasteiger partial charge >= 0.3 is 0 Å². The van der Waals surface area contributed by atoms with Crippen molar-refractivity contribution in [3.63, 3.8) is 0 Å². The Morgan fingerprint density at radius 1 is 1.20 bits per heavy atom. The molecule has 0 aromatic carbocycles. The Morgan fingerprint density at radius 2 is 1.80 bits per heavy atom. The maximum Gasteiger partial charge on any atom is 0.219 e. The molecule has 1 unspecified atom stereocenters. The van der Waals surface area contributed by atoms with Crippen LogP contribution in [0.5, 0.6) is 0 Å². The predicted octanol–water partition coefficient (Wildman–Crippen LogP) is 3.47. The normalized spacial score (nSPS) is 30.2. The minimum absolute atomic E-state index is 0.219. The van der Waals surface area contributed by atoms with E-state index in [2.05, 4.69) is 0 Å². The summed E-state index contributed by atoms with van der Waals surface area (Å²) in [6, 6.07) is 0. The molecule has 1 aliphatic heterocycles. The summed E-state index contributed by atoms with van der Waals surface area (Å²) in [5.74, 6) is 0. The van der Waals surface area contributed by atoms with Crippen molar-refractivity contribution in [2.45, 2.75) is 47.6 Å². The van der Waals surface area contributed by atoms with Crippen molar-refractivity contribution in [2.24, 2.45) is 0 Å². The third-order valence-electron chi connectivity index (χ3n) is 3.13. The molecule has 1 heterocycles. The molecular formula is C10H15Cl3O2. The van der Waals surface area contributed by atoms with Gasteiger partial charge in [0.15, 0.2) is 0 Å². The van der Waals surface area contributed by atoms with E-state index in [9.17, 15) is 0 Å². The summed E-state index contributed by atoms with van der Waals surface area (Å²) in [6.07, 6.45) is 5.22. The van der Waals surface area contributed by atoms with Gasteiger partial charge in [-0.15, -0.1) is 0 Å². The van der Waals surface area contributed by atoms with E-state index in [1.807, 2.05) is 0 Å². The number of epoxide rings is 1. The molecule has 0 aromatic rings. The van der Waals surface area contributed by atoms with Gasteiger partial charge in [0.05, 0.1) is 13.2 Å². The second kappa shape index (κ2) is 4.58. The predicted molar refractivity (Wildman–Crippen MR) is 61.8 cm³/mol. The molecule has 0 radical (unpaired) electrons. The average Bonchev–Trinajstić information content (AvgIpc) is 2.98. The highest BCUT2D eigenvalue weighted by Gasteiger charge is 2.50. The Morgan fingerprint density at radius 3 is 2.27 bits per heavy atom. The molecule has 1 aliphatic carbocycles. The zero-order valence-electron chi connectivity index (χ0n) is 8.48. The van der Waals surface area contributed by atoms with Gasteiger partial charge in [-0.3, -0.25) is 0 Å². The van der Waals surface area contributed by atoms with Gasteiger partial charge in [0.25, 0.3) is 0 Å². The first kappa shape index (κ1) is 12.3. The molecule has 2 aliphatic rings. The second-order valence-corrected chi connectivity index (χ2v) is 6.60. The molecule has 0 amide bonds. The van der Waals surface area contributed by atoms with Gasteiger partial charge in [-0.25, -0.2) is 0 Å². The molecule has 88 valence electrons. The van der Waals surface area contributed by atoms with Crippen LogP contribution in [0.4, 0.5) is 0 Å². The highest BCUT2D eigenvalue weighted by Crippen LogP contribution is 2.49. The molecule has 1 atom stereocenters. The summed E-state index contributed by atoms with van der Waals surface area (Å²) >= 11 is 18.1. The standard InChI is InChI=1S/C10H15Cl3O2/c11-10(12,13)9(4-2-1-3-5-9)15-7-8-6-14-8/h8H,1-7H2. The number of alkyl halides is 3. The van der Waals surface area contributed by atoms with Crippen LogP contribution in [-0.4, -0.2) is 28.7 Å². The van der Waals surface area contributed by atoms with Gasteiger partial charge in [-0.1, -0.05) is 54.1 Å². The van der Waals surface area contributed by atoms with Gasteiger partial charge in [0, 0.05) is 0 Å². The summed E-state index contributed by atoms with van der Waals surface area (Å²) in [5.41, 5.74) is -0.595. The maximum absolute atomic E-state index is 6.04. The summed E-state index contributed by atoms with van der Waals surface area (Å²) in [7, 11) is 0. The van der Waals surface area contributed by atoms with Crippen LogP contribution in [0.15, 0.2) is 0 Å². The lowest BCUT2D eigenvalue weighted by Gasteiger charge is -2.42. The largest absolute Gasteiger partial charge is 0.371 e. The molecule has 0 spiro atoms. The van der Waals surface area contributed by atoms with Crippen LogP contribution >= 0.6 is 34.8 Å². The van der Waals surface area contributed by atoms with E-state index < -0.39 is 9.39 Å². The SMILES string of the molecule is ClC(Cl)(Cl)C1(OCC2CO2)CCCCC1. The molecule has 0 bridgehead atoms. The summed E-state index contributed by atoms with van der Waals surface area (Å²) in [5, 5.41) is 0. The fourth-order valence-corrected chi connectivity index (χ4v) is 2.78. The number of ether oxygens (including phenoxy) is 2. The zero-order valence-corrected chi connectivity index (χ0v) is 10.7. The van der Waals surface area contributed by atoms with E-state index in [0.29, 0.717) is 6.61 Å². The Balaban J connectivity index is 1.99. The summed E-state index contributed by atoms with van der Waals surface area (Å²) in [6.45, 7) is 1.32. The number of hydrogen-bond acceptors (Lipinski definition) is 2. The van der Waals surface area contributed by atoms with Crippen molar-refractivity contribution in [1.82, 2.24) is 0 Å². The third kappa shape index (κ3) is 2.92. The van der Waals surface area contributed by atoms with Crippen LogP contribution in [0.1, 0.15) is 32.1 Å². The minimum atomic E-state index is -1.33. The van der Waals surface area contributed by atoms with Crippen molar-refractivity contribution >= 4 is 34.8 Å². The summed E-state index contributed by atoms with van der Waals surface area (Å²) in [4.78, 5) is 0. The lowest BCUT2D eigenvalue weighted by Crippen LogP contribution is -2.47. The quantitative estimate of drug-likeness (QED) is 0.580. The molecule has 0 aromatic heterocycles. The molecule has 0 N–H and O–H groups in total. The van der Waals surface area contributed by atoms with Gasteiger partial charge in [-0.2, -0.15) is 0 Å². The Bertz CT molecular complexity index is 217. The first-order valence-corrected chi connectivity index (χ1v) is 6.49. The average molecular weight is 274 g/mol. The molecule has 5 heteroatoms. The van der Waals surface area contributed by atoms with E-state index in [-0.39, 0.29) is 6.10 Å². The number of rotatable bonds is 3. The van der Waals surface area contributed by atoms with Crippen molar-refractivity contribution in [2.75, 3.05) is 13.2 Å². The van der Waals surface area contributed by atoms with Crippen molar-refractivity contribution < 1.29 is 9.47 Å². The van der Waals surface area contributed by atoms with E-state index in [0.717, 1.165) is 32.3 Å². The van der Waals surface area contributed by atoms with E-state index in [1.165, 1.54) is 6.42 Å². The van der Waals surface area contributed by atoms with Crippen LogP contribution in [0.3, 0.4) is 0 Å². The van der Waals surface area contributed by atoms with Crippen molar-refractivity contribution in [3.8, 4) is 0 Å². The first-order chi connectivity index (χ1) is 7.04. The lowest BCUT2D eigenvalue weighted by atomic mass is 9.85. The fourth-order valence-electron chi connectivity index (χ4n) is 2.05. The van der Waals surface area contributed by atoms with Crippen molar-refractivity contribution in [1.29, 1.82) is 0 Å². The maximum atomic E-state index is 6.04. The van der Waals surface area contributed by atoms with Gasteiger partial charge in [0.2, 0.25) is 3.79 Å². The highest BCUT2D eigenvalue weighted by molar-refractivity contribution is 6.68. The van der Waals surface area contributed by atoms with Gasteiger partial charge in [-0.05, 0) is 12.8 Å². The van der Waals surface area contributed by atoms with Crippen LogP contribution in [-0.2, 0) is 9.47 Å². The fraction of sp³-hybridized carbons (Fsp3) is 1.00. The van der Waals surface area contributed by atoms with Crippen LogP contribution < -0.4 is 0 Å². The Hall–Kier alpha value is 0.790. The molecule has 1 saturated heterocycles. The third-order valence-corrected chi connectivity index (χ3v) is 4.16. The van der Waals surface area contributed by atoms with E-state index >= 15 is 0 Å². The van der Waals surface area contributed by atoms with Crippen LogP contribution in [0.2, 0.25) is 0 Å². The monoisotopic (exact) mass is 272 g/mol. The second-order valence-electron chi connectivity index (χ2n) is 4.32. The highest BCUT2D eigenvalue weighted by atomic mass is 35.6. The molecule has 2 rings (SSSR count). The summed E-state index contributed by atoms with van der Waals surface area (Å²) < 4.78 is 9.61. The number of hydrogen-bond donors (Lipinski definition) is 0. The molecular weight excluding hydrogens is 258 g/mol. The van der Waals surface area contributed by atoms with Crippen LogP contribution in [0, 0.1) is 0 Å². The molecule has 15 heavy (non-hydrogen) atoms. The Kier molecular flexibility index (Phi) is 3.74.